The molecule has 0 unspecified atom stereocenters. The molecule has 5 heteroatoms. The second-order valence-electron chi connectivity index (χ2n) is 3.29. The van der Waals surface area contributed by atoms with E-state index in [9.17, 15) is 4.79 Å². The molecular weight excluding hydrogens is 180 g/mol. The number of nitriles is 2. The Morgan fingerprint density at radius 2 is 1.93 bits per heavy atom. The number of carbonyl (C=O) groups is 1. The van der Waals surface area contributed by atoms with E-state index in [-0.39, 0.29) is 19.0 Å². The first kappa shape index (κ1) is 10.5. The molecule has 1 heterocycles. The summed E-state index contributed by atoms with van der Waals surface area (Å²) in [6.07, 6.45) is 0.441. The third-order valence-electron chi connectivity index (χ3n) is 2.21. The van der Waals surface area contributed by atoms with Crippen LogP contribution in [0.2, 0.25) is 0 Å². The van der Waals surface area contributed by atoms with Crippen LogP contribution in [-0.4, -0.2) is 37.0 Å². The first-order valence-corrected chi connectivity index (χ1v) is 4.50. The molecule has 1 aliphatic rings. The molecule has 0 saturated carbocycles. The quantitative estimate of drug-likeness (QED) is 0.607. The van der Waals surface area contributed by atoms with E-state index in [4.69, 9.17) is 10.5 Å². The topological polar surface area (TPSA) is 79.9 Å². The largest absolute Gasteiger partial charge is 0.316 e. The van der Waals surface area contributed by atoms with Gasteiger partial charge < -0.3 is 10.2 Å². The molecule has 5 nitrogen and oxygen atoms in total. The second kappa shape index (κ2) is 5.21. The highest BCUT2D eigenvalue weighted by atomic mass is 16.2. The van der Waals surface area contributed by atoms with Crippen molar-refractivity contribution in [1.82, 2.24) is 10.2 Å². The average molecular weight is 192 g/mol. The Morgan fingerprint density at radius 3 is 2.29 bits per heavy atom. The van der Waals surface area contributed by atoms with Crippen LogP contribution in [0.5, 0.6) is 0 Å². The number of nitrogens with zero attached hydrogens (tertiary/aromatic N) is 3. The number of hydrogen-bond acceptors (Lipinski definition) is 4. The fraction of sp³-hybridized carbons (Fsp3) is 0.667. The van der Waals surface area contributed by atoms with Crippen molar-refractivity contribution in [2.75, 3.05) is 26.2 Å². The summed E-state index contributed by atoms with van der Waals surface area (Å²) < 4.78 is 0. The molecule has 0 aliphatic carbocycles. The van der Waals surface area contributed by atoms with Crippen molar-refractivity contribution in [3.8, 4) is 12.1 Å². The SMILES string of the molecule is N#CCN(CC#N)C(=O)CC1CNC1. The third kappa shape index (κ3) is 2.72. The zero-order chi connectivity index (χ0) is 10.4. The Kier molecular flexibility index (Phi) is 3.90. The fourth-order valence-corrected chi connectivity index (χ4v) is 1.27. The van der Waals surface area contributed by atoms with Gasteiger partial charge in [0.25, 0.3) is 0 Å². The van der Waals surface area contributed by atoms with Crippen LogP contribution >= 0.6 is 0 Å². The minimum atomic E-state index is -0.0976. The molecule has 1 amide bonds. The van der Waals surface area contributed by atoms with E-state index < -0.39 is 0 Å². The molecule has 0 bridgehead atoms. The normalized spacial score (nSPS) is 15.0. The third-order valence-corrected chi connectivity index (χ3v) is 2.21. The van der Waals surface area contributed by atoms with E-state index in [0.29, 0.717) is 12.3 Å². The molecule has 0 aromatic rings. The molecule has 0 aromatic heterocycles. The summed E-state index contributed by atoms with van der Waals surface area (Å²) in [7, 11) is 0. The van der Waals surface area contributed by atoms with E-state index in [1.165, 1.54) is 4.90 Å². The number of hydrogen-bond donors (Lipinski definition) is 1. The number of amides is 1. The average Bonchev–Trinajstić information content (AvgIpc) is 2.11. The van der Waals surface area contributed by atoms with E-state index in [1.807, 2.05) is 12.1 Å². The maximum absolute atomic E-state index is 11.5. The van der Waals surface area contributed by atoms with Crippen molar-refractivity contribution in [2.45, 2.75) is 6.42 Å². The van der Waals surface area contributed by atoms with E-state index in [0.717, 1.165) is 13.1 Å². The van der Waals surface area contributed by atoms with Crippen LogP contribution in [0.4, 0.5) is 0 Å². The smallest absolute Gasteiger partial charge is 0.224 e. The molecule has 1 aliphatic heterocycles. The van der Waals surface area contributed by atoms with Crippen LogP contribution in [0.1, 0.15) is 6.42 Å². The Bertz CT molecular complexity index is 268. The molecule has 0 radical (unpaired) electrons. The summed E-state index contributed by atoms with van der Waals surface area (Å²) in [5.74, 6) is 0.280. The lowest BCUT2D eigenvalue weighted by Gasteiger charge is -2.28. The van der Waals surface area contributed by atoms with E-state index in [2.05, 4.69) is 5.32 Å². The zero-order valence-corrected chi connectivity index (χ0v) is 7.86. The maximum Gasteiger partial charge on any atom is 0.224 e. The van der Waals surface area contributed by atoms with Gasteiger partial charge in [0.1, 0.15) is 13.1 Å². The zero-order valence-electron chi connectivity index (χ0n) is 7.86. The van der Waals surface area contributed by atoms with Crippen molar-refractivity contribution < 1.29 is 4.79 Å². The number of carbonyl (C=O) groups excluding carboxylic acids is 1. The molecule has 14 heavy (non-hydrogen) atoms. The molecular formula is C9H12N4O. The lowest BCUT2D eigenvalue weighted by atomic mass is 9.99. The summed E-state index contributed by atoms with van der Waals surface area (Å²) in [6, 6.07) is 3.76. The van der Waals surface area contributed by atoms with Gasteiger partial charge in [-0.1, -0.05) is 0 Å². The van der Waals surface area contributed by atoms with Gasteiger partial charge in [-0.15, -0.1) is 0 Å². The number of nitrogens with one attached hydrogen (secondary N) is 1. The molecule has 0 aromatic carbocycles. The second-order valence-corrected chi connectivity index (χ2v) is 3.29. The van der Waals surface area contributed by atoms with Crippen LogP contribution in [0.15, 0.2) is 0 Å². The summed E-state index contributed by atoms with van der Waals surface area (Å²) >= 11 is 0. The molecule has 1 N–H and O–H groups in total. The van der Waals surface area contributed by atoms with Gasteiger partial charge in [-0.25, -0.2) is 0 Å². The summed E-state index contributed by atoms with van der Waals surface area (Å²) in [6.45, 7) is 1.73. The Balaban J connectivity index is 2.37. The molecule has 1 saturated heterocycles. The molecule has 0 spiro atoms. The first-order valence-electron chi connectivity index (χ1n) is 4.50. The molecule has 74 valence electrons. The van der Waals surface area contributed by atoms with Gasteiger partial charge in [-0.05, 0) is 19.0 Å². The minimum absolute atomic E-state index is 0.00649. The highest BCUT2D eigenvalue weighted by Crippen LogP contribution is 2.10. The van der Waals surface area contributed by atoms with Gasteiger partial charge in [-0.2, -0.15) is 10.5 Å². The van der Waals surface area contributed by atoms with Gasteiger partial charge in [0.05, 0.1) is 12.1 Å². The van der Waals surface area contributed by atoms with Gasteiger partial charge in [0.2, 0.25) is 5.91 Å². The Labute approximate surface area is 82.9 Å². The van der Waals surface area contributed by atoms with E-state index in [1.54, 1.807) is 0 Å². The van der Waals surface area contributed by atoms with Crippen molar-refractivity contribution in [3.05, 3.63) is 0 Å². The maximum atomic E-state index is 11.5. The van der Waals surface area contributed by atoms with Crippen LogP contribution < -0.4 is 5.32 Å². The fourth-order valence-electron chi connectivity index (χ4n) is 1.27. The molecule has 1 fully saturated rings. The van der Waals surface area contributed by atoms with Gasteiger partial charge in [0.15, 0.2) is 0 Å². The summed E-state index contributed by atoms with van der Waals surface area (Å²) in [5, 5.41) is 20.0. The van der Waals surface area contributed by atoms with Crippen LogP contribution in [0, 0.1) is 28.6 Å². The Morgan fingerprint density at radius 1 is 1.36 bits per heavy atom. The Hall–Kier alpha value is -1.59. The van der Waals surface area contributed by atoms with Crippen molar-refractivity contribution in [3.63, 3.8) is 0 Å². The van der Waals surface area contributed by atoms with Crippen LogP contribution in [0.3, 0.4) is 0 Å². The lowest BCUT2D eigenvalue weighted by Crippen LogP contribution is -2.45. The lowest BCUT2D eigenvalue weighted by molar-refractivity contribution is -0.131. The van der Waals surface area contributed by atoms with Crippen molar-refractivity contribution in [1.29, 1.82) is 10.5 Å². The summed E-state index contributed by atoms with van der Waals surface area (Å²) in [4.78, 5) is 12.8. The molecule has 0 atom stereocenters. The van der Waals surface area contributed by atoms with Crippen molar-refractivity contribution >= 4 is 5.91 Å². The summed E-state index contributed by atoms with van der Waals surface area (Å²) in [5.41, 5.74) is 0. The monoisotopic (exact) mass is 192 g/mol. The van der Waals surface area contributed by atoms with Gasteiger partial charge in [0, 0.05) is 6.42 Å². The highest BCUT2D eigenvalue weighted by molar-refractivity contribution is 5.77. The standard InChI is InChI=1S/C9H12N4O/c10-1-3-13(4-2-11)9(14)5-8-6-12-7-8/h8,12H,3-7H2. The highest BCUT2D eigenvalue weighted by Gasteiger charge is 2.23. The van der Waals surface area contributed by atoms with Gasteiger partial charge in [-0.3, -0.25) is 4.79 Å². The first-order chi connectivity index (χ1) is 6.77. The predicted octanol–water partition coefficient (Wildman–Crippen LogP) is -0.528. The van der Waals surface area contributed by atoms with Crippen LogP contribution in [-0.2, 0) is 4.79 Å². The minimum Gasteiger partial charge on any atom is -0.316 e. The van der Waals surface area contributed by atoms with E-state index >= 15 is 0 Å². The van der Waals surface area contributed by atoms with Crippen LogP contribution in [0.25, 0.3) is 0 Å². The molecule has 1 rings (SSSR count). The van der Waals surface area contributed by atoms with Crippen molar-refractivity contribution in [2.24, 2.45) is 5.92 Å². The number of rotatable bonds is 4. The van der Waals surface area contributed by atoms with Gasteiger partial charge >= 0.3 is 0 Å². The predicted molar refractivity (Wildman–Crippen MR) is 48.8 cm³/mol.